The highest BCUT2D eigenvalue weighted by Gasteiger charge is 2.13. The van der Waals surface area contributed by atoms with Crippen LogP contribution in [0.15, 0.2) is 47.3 Å². The highest BCUT2D eigenvalue weighted by Crippen LogP contribution is 2.22. The van der Waals surface area contributed by atoms with Gasteiger partial charge in [-0.2, -0.15) is 0 Å². The Morgan fingerprint density at radius 3 is 2.74 bits per heavy atom. The summed E-state index contributed by atoms with van der Waals surface area (Å²) in [6.07, 6.45) is 5.56. The van der Waals surface area contributed by atoms with Gasteiger partial charge in [0.2, 0.25) is 0 Å². The zero-order valence-corrected chi connectivity index (χ0v) is 11.6. The molecule has 0 saturated carbocycles. The summed E-state index contributed by atoms with van der Waals surface area (Å²) in [7, 11) is 3.71. The van der Waals surface area contributed by atoms with E-state index in [1.165, 1.54) is 11.1 Å². The maximum Gasteiger partial charge on any atom is 0.122 e. The van der Waals surface area contributed by atoms with Gasteiger partial charge in [-0.05, 0) is 55.6 Å². The number of furan rings is 1. The lowest BCUT2D eigenvalue weighted by Crippen LogP contribution is -2.22. The van der Waals surface area contributed by atoms with E-state index in [1.54, 1.807) is 13.4 Å². The van der Waals surface area contributed by atoms with Crippen molar-refractivity contribution in [3.63, 3.8) is 0 Å². The Balaban J connectivity index is 2.07. The highest BCUT2D eigenvalue weighted by molar-refractivity contribution is 5.33. The molecule has 0 saturated heterocycles. The Kier molecular flexibility index (Phi) is 5.04. The molecule has 102 valence electrons. The molecule has 3 heteroatoms. The van der Waals surface area contributed by atoms with Crippen molar-refractivity contribution in [2.45, 2.75) is 12.8 Å². The van der Waals surface area contributed by atoms with Crippen molar-refractivity contribution < 1.29 is 9.15 Å². The Bertz CT molecular complexity index is 479. The molecule has 0 spiro atoms. The fraction of sp³-hybridized carbons (Fsp3) is 0.375. The Labute approximate surface area is 114 Å². The predicted molar refractivity (Wildman–Crippen MR) is 76.5 cm³/mol. The van der Waals surface area contributed by atoms with Gasteiger partial charge in [0, 0.05) is 0 Å². The SMILES string of the molecule is CNCC(Cc1ccoc1)Cc1ccccc1OC. The van der Waals surface area contributed by atoms with Gasteiger partial charge >= 0.3 is 0 Å². The van der Waals surface area contributed by atoms with Crippen LogP contribution >= 0.6 is 0 Å². The number of hydrogen-bond donors (Lipinski definition) is 1. The molecule has 0 aliphatic carbocycles. The average molecular weight is 259 g/mol. The predicted octanol–water partition coefficient (Wildman–Crippen LogP) is 2.91. The Morgan fingerprint density at radius 1 is 1.21 bits per heavy atom. The van der Waals surface area contributed by atoms with Gasteiger partial charge < -0.3 is 14.5 Å². The van der Waals surface area contributed by atoms with E-state index in [4.69, 9.17) is 9.15 Å². The molecule has 1 unspecified atom stereocenters. The summed E-state index contributed by atoms with van der Waals surface area (Å²) in [5.74, 6) is 1.50. The van der Waals surface area contributed by atoms with E-state index in [-0.39, 0.29) is 0 Å². The van der Waals surface area contributed by atoms with Crippen LogP contribution in [-0.2, 0) is 12.8 Å². The van der Waals surface area contributed by atoms with Crippen LogP contribution in [0.2, 0.25) is 0 Å². The van der Waals surface area contributed by atoms with Gasteiger partial charge in [-0.25, -0.2) is 0 Å². The number of methoxy groups -OCH3 is 1. The molecule has 0 bridgehead atoms. The maximum absolute atomic E-state index is 5.42. The maximum atomic E-state index is 5.42. The van der Waals surface area contributed by atoms with Crippen LogP contribution in [0.5, 0.6) is 5.75 Å². The molecule has 3 nitrogen and oxygen atoms in total. The minimum Gasteiger partial charge on any atom is -0.496 e. The first-order chi connectivity index (χ1) is 9.33. The normalized spacial score (nSPS) is 12.3. The first kappa shape index (κ1) is 13.7. The summed E-state index contributed by atoms with van der Waals surface area (Å²) in [4.78, 5) is 0. The molecule has 2 aromatic rings. The second-order valence-electron chi connectivity index (χ2n) is 4.78. The molecule has 1 aromatic heterocycles. The summed E-state index contributed by atoms with van der Waals surface area (Å²) in [6.45, 7) is 0.975. The number of hydrogen-bond acceptors (Lipinski definition) is 3. The Hall–Kier alpha value is -1.74. The molecule has 0 radical (unpaired) electrons. The van der Waals surface area contributed by atoms with Gasteiger partial charge in [-0.15, -0.1) is 0 Å². The number of benzene rings is 1. The van der Waals surface area contributed by atoms with Gasteiger partial charge in [0.25, 0.3) is 0 Å². The first-order valence-corrected chi connectivity index (χ1v) is 6.61. The van der Waals surface area contributed by atoms with Gasteiger partial charge in [0.1, 0.15) is 5.75 Å². The number of ether oxygens (including phenoxy) is 1. The topological polar surface area (TPSA) is 34.4 Å². The number of rotatable bonds is 7. The summed E-state index contributed by atoms with van der Waals surface area (Å²) in [5, 5.41) is 3.27. The largest absolute Gasteiger partial charge is 0.496 e. The van der Waals surface area contributed by atoms with Crippen molar-refractivity contribution in [1.29, 1.82) is 0 Å². The van der Waals surface area contributed by atoms with Crippen molar-refractivity contribution in [3.05, 3.63) is 54.0 Å². The third kappa shape index (κ3) is 3.86. The molecule has 0 aliphatic rings. The first-order valence-electron chi connectivity index (χ1n) is 6.61. The number of nitrogens with one attached hydrogen (secondary N) is 1. The summed E-state index contributed by atoms with van der Waals surface area (Å²) < 4.78 is 10.6. The zero-order valence-electron chi connectivity index (χ0n) is 11.6. The molecule has 1 N–H and O–H groups in total. The minimum absolute atomic E-state index is 0.527. The second-order valence-corrected chi connectivity index (χ2v) is 4.78. The summed E-state index contributed by atoms with van der Waals surface area (Å²) in [5.41, 5.74) is 2.50. The smallest absolute Gasteiger partial charge is 0.122 e. The fourth-order valence-electron chi connectivity index (χ4n) is 2.43. The zero-order chi connectivity index (χ0) is 13.5. The summed E-state index contributed by atoms with van der Waals surface area (Å²) in [6, 6.07) is 10.3. The standard InChI is InChI=1S/C16H21NO2/c1-17-11-14(9-13-7-8-19-12-13)10-15-5-3-4-6-16(15)18-2/h3-8,12,14,17H,9-11H2,1-2H3. The lowest BCUT2D eigenvalue weighted by molar-refractivity contribution is 0.401. The molecule has 2 rings (SSSR count). The van der Waals surface area contributed by atoms with Crippen molar-refractivity contribution in [2.24, 2.45) is 5.92 Å². The molecule has 1 heterocycles. The van der Waals surface area contributed by atoms with Crippen molar-refractivity contribution in [2.75, 3.05) is 20.7 Å². The summed E-state index contributed by atoms with van der Waals surface area (Å²) >= 11 is 0. The molecular formula is C16H21NO2. The fourth-order valence-corrected chi connectivity index (χ4v) is 2.43. The monoisotopic (exact) mass is 259 g/mol. The lowest BCUT2D eigenvalue weighted by Gasteiger charge is -2.17. The third-order valence-electron chi connectivity index (χ3n) is 3.30. The van der Waals surface area contributed by atoms with Crippen LogP contribution in [0.25, 0.3) is 0 Å². The van der Waals surface area contributed by atoms with Crippen LogP contribution in [0, 0.1) is 5.92 Å². The van der Waals surface area contributed by atoms with Crippen molar-refractivity contribution in [3.8, 4) is 5.75 Å². The van der Waals surface area contributed by atoms with Crippen molar-refractivity contribution >= 4 is 0 Å². The van der Waals surface area contributed by atoms with E-state index < -0.39 is 0 Å². The second kappa shape index (κ2) is 7.00. The van der Waals surface area contributed by atoms with Gasteiger partial charge in [0.15, 0.2) is 0 Å². The average Bonchev–Trinajstić information content (AvgIpc) is 2.92. The van der Waals surface area contributed by atoms with Crippen LogP contribution in [0.1, 0.15) is 11.1 Å². The molecule has 0 fully saturated rings. The lowest BCUT2D eigenvalue weighted by atomic mass is 9.93. The van der Waals surface area contributed by atoms with Gasteiger partial charge in [-0.3, -0.25) is 0 Å². The van der Waals surface area contributed by atoms with Crippen LogP contribution in [0.3, 0.4) is 0 Å². The van der Waals surface area contributed by atoms with E-state index in [2.05, 4.69) is 17.4 Å². The van der Waals surface area contributed by atoms with E-state index in [0.717, 1.165) is 25.1 Å². The number of para-hydroxylation sites is 1. The van der Waals surface area contributed by atoms with E-state index >= 15 is 0 Å². The minimum atomic E-state index is 0.527. The van der Waals surface area contributed by atoms with Crippen LogP contribution in [-0.4, -0.2) is 20.7 Å². The third-order valence-corrected chi connectivity index (χ3v) is 3.30. The van der Waals surface area contributed by atoms with E-state index in [9.17, 15) is 0 Å². The molecule has 1 aromatic carbocycles. The van der Waals surface area contributed by atoms with Crippen LogP contribution < -0.4 is 10.1 Å². The van der Waals surface area contributed by atoms with Crippen LogP contribution in [0.4, 0.5) is 0 Å². The molecule has 19 heavy (non-hydrogen) atoms. The van der Waals surface area contributed by atoms with Gasteiger partial charge in [-0.1, -0.05) is 18.2 Å². The van der Waals surface area contributed by atoms with E-state index in [0.29, 0.717) is 5.92 Å². The highest BCUT2D eigenvalue weighted by atomic mass is 16.5. The molecule has 0 aliphatic heterocycles. The van der Waals surface area contributed by atoms with Gasteiger partial charge in [0.05, 0.1) is 19.6 Å². The van der Waals surface area contributed by atoms with E-state index in [1.807, 2.05) is 31.5 Å². The Morgan fingerprint density at radius 2 is 2.05 bits per heavy atom. The molecule has 0 amide bonds. The molecular weight excluding hydrogens is 238 g/mol. The quantitative estimate of drug-likeness (QED) is 0.830. The molecule has 1 atom stereocenters. The van der Waals surface area contributed by atoms with Crippen molar-refractivity contribution in [1.82, 2.24) is 5.32 Å².